The predicted octanol–water partition coefficient (Wildman–Crippen LogP) is 1.26. The summed E-state index contributed by atoms with van der Waals surface area (Å²) < 4.78 is 6.93. The molecule has 7 nitrogen and oxygen atoms in total. The lowest BCUT2D eigenvalue weighted by atomic mass is 10.0. The third kappa shape index (κ3) is 4.48. The molecular weight excluding hydrogens is 342 g/mol. The molecule has 0 aliphatic carbocycles. The smallest absolute Gasteiger partial charge is 0.268 e. The average molecular weight is 371 g/mol. The van der Waals surface area contributed by atoms with E-state index < -0.39 is 0 Å². The van der Waals surface area contributed by atoms with Crippen LogP contribution in [0.3, 0.4) is 0 Å². The Morgan fingerprint density at radius 1 is 1.37 bits per heavy atom. The molecule has 0 spiro atoms. The number of ether oxygens (including phenoxy) is 1. The van der Waals surface area contributed by atoms with Crippen molar-refractivity contribution in [2.24, 2.45) is 7.05 Å². The first-order chi connectivity index (χ1) is 13.1. The van der Waals surface area contributed by atoms with E-state index in [0.717, 1.165) is 50.7 Å². The van der Waals surface area contributed by atoms with Gasteiger partial charge in [-0.05, 0) is 13.0 Å². The van der Waals surface area contributed by atoms with Crippen molar-refractivity contribution in [2.45, 2.75) is 13.0 Å². The largest absolute Gasteiger partial charge is 0.496 e. The van der Waals surface area contributed by atoms with Crippen molar-refractivity contribution >= 4 is 5.69 Å². The molecule has 1 aromatic heterocycles. The van der Waals surface area contributed by atoms with Crippen LogP contribution in [0, 0.1) is 0 Å². The van der Waals surface area contributed by atoms with Crippen LogP contribution >= 0.6 is 0 Å². The zero-order chi connectivity index (χ0) is 19.2. The van der Waals surface area contributed by atoms with Crippen LogP contribution in [-0.2, 0) is 7.05 Å². The highest BCUT2D eigenvalue weighted by molar-refractivity contribution is 5.42. The molecule has 2 heterocycles. The van der Waals surface area contributed by atoms with Gasteiger partial charge >= 0.3 is 0 Å². The molecule has 1 fully saturated rings. The standard InChI is InChI=1S/C20H29N5O2/c1-4-24(16-13-20(26)23(2)22-14-16)11-12-25-10-9-21-15-18(25)17-7-5-6-8-19(17)27-3/h5-8,13-14,18,21H,4,9-12,15H2,1-3H3. The SMILES string of the molecule is CCN(CCN1CCNCC1c1ccccc1OC)c1cnn(C)c(=O)c1. The number of anilines is 1. The first kappa shape index (κ1) is 19.4. The average Bonchev–Trinajstić information content (AvgIpc) is 2.71. The van der Waals surface area contributed by atoms with Crippen molar-refractivity contribution in [1.29, 1.82) is 0 Å². The Balaban J connectivity index is 1.73. The predicted molar refractivity (Wildman–Crippen MR) is 108 cm³/mol. The van der Waals surface area contributed by atoms with E-state index in [1.165, 1.54) is 10.2 Å². The van der Waals surface area contributed by atoms with Crippen molar-refractivity contribution in [3.8, 4) is 5.75 Å². The number of hydrogen-bond acceptors (Lipinski definition) is 6. The molecule has 1 aromatic carbocycles. The summed E-state index contributed by atoms with van der Waals surface area (Å²) >= 11 is 0. The minimum absolute atomic E-state index is 0.0833. The molecular formula is C20H29N5O2. The van der Waals surface area contributed by atoms with Gasteiger partial charge < -0.3 is 15.0 Å². The lowest BCUT2D eigenvalue weighted by molar-refractivity contribution is 0.163. The van der Waals surface area contributed by atoms with E-state index in [9.17, 15) is 4.79 Å². The number of aryl methyl sites for hydroxylation is 1. The van der Waals surface area contributed by atoms with Gasteiger partial charge in [-0.15, -0.1) is 0 Å². The third-order valence-electron chi connectivity index (χ3n) is 5.21. The van der Waals surface area contributed by atoms with Crippen LogP contribution in [0.1, 0.15) is 18.5 Å². The molecule has 7 heteroatoms. The van der Waals surface area contributed by atoms with Gasteiger partial charge in [0, 0.05) is 57.9 Å². The lowest BCUT2D eigenvalue weighted by Gasteiger charge is -2.38. The fourth-order valence-electron chi connectivity index (χ4n) is 3.61. The summed E-state index contributed by atoms with van der Waals surface area (Å²) in [5.74, 6) is 0.930. The number of nitrogens with zero attached hydrogens (tertiary/aromatic N) is 4. The number of benzene rings is 1. The van der Waals surface area contributed by atoms with Crippen LogP contribution in [-0.4, -0.2) is 61.1 Å². The number of hydrogen-bond donors (Lipinski definition) is 1. The zero-order valence-corrected chi connectivity index (χ0v) is 16.4. The summed E-state index contributed by atoms with van der Waals surface area (Å²) in [6.45, 7) is 7.55. The van der Waals surface area contributed by atoms with Crippen LogP contribution in [0.5, 0.6) is 5.75 Å². The minimum Gasteiger partial charge on any atom is -0.496 e. The van der Waals surface area contributed by atoms with Crippen molar-refractivity contribution in [3.63, 3.8) is 0 Å². The maximum Gasteiger partial charge on any atom is 0.268 e. The number of likely N-dealkylation sites (N-methyl/N-ethyl adjacent to an activating group) is 1. The highest BCUT2D eigenvalue weighted by Gasteiger charge is 2.26. The summed E-state index contributed by atoms with van der Waals surface area (Å²) in [6.07, 6.45) is 1.76. The Bertz CT molecular complexity index is 807. The fourth-order valence-corrected chi connectivity index (χ4v) is 3.61. The van der Waals surface area contributed by atoms with Crippen molar-refractivity contribution in [2.75, 3.05) is 51.3 Å². The second kappa shape index (κ2) is 9.01. The van der Waals surface area contributed by atoms with Crippen molar-refractivity contribution in [1.82, 2.24) is 20.0 Å². The lowest BCUT2D eigenvalue weighted by Crippen LogP contribution is -2.48. The molecule has 0 saturated carbocycles. The zero-order valence-electron chi connectivity index (χ0n) is 16.4. The molecule has 2 aromatic rings. The van der Waals surface area contributed by atoms with Gasteiger partial charge in [0.05, 0.1) is 25.0 Å². The molecule has 0 bridgehead atoms. The molecule has 1 N–H and O–H groups in total. The number of piperazine rings is 1. The molecule has 1 unspecified atom stereocenters. The van der Waals surface area contributed by atoms with E-state index in [4.69, 9.17) is 4.74 Å². The van der Waals surface area contributed by atoms with E-state index in [1.54, 1.807) is 26.4 Å². The van der Waals surface area contributed by atoms with Crippen LogP contribution in [0.4, 0.5) is 5.69 Å². The maximum absolute atomic E-state index is 11.9. The molecule has 27 heavy (non-hydrogen) atoms. The molecule has 1 aliphatic heterocycles. The number of aromatic nitrogens is 2. The normalized spacial score (nSPS) is 17.7. The molecule has 1 atom stereocenters. The van der Waals surface area contributed by atoms with E-state index >= 15 is 0 Å². The second-order valence-corrected chi connectivity index (χ2v) is 6.75. The first-order valence-corrected chi connectivity index (χ1v) is 9.50. The molecule has 146 valence electrons. The van der Waals surface area contributed by atoms with Crippen molar-refractivity contribution < 1.29 is 4.74 Å². The number of para-hydroxylation sites is 1. The summed E-state index contributed by atoms with van der Waals surface area (Å²) in [5.41, 5.74) is 2.01. The quantitative estimate of drug-likeness (QED) is 0.791. The number of methoxy groups -OCH3 is 1. The number of rotatable bonds is 7. The molecule has 0 radical (unpaired) electrons. The highest BCUT2D eigenvalue weighted by atomic mass is 16.5. The van der Waals surface area contributed by atoms with Crippen LogP contribution in [0.15, 0.2) is 41.3 Å². The topological polar surface area (TPSA) is 62.6 Å². The Kier molecular flexibility index (Phi) is 6.47. The summed E-state index contributed by atoms with van der Waals surface area (Å²) in [4.78, 5) is 16.6. The maximum atomic E-state index is 11.9. The molecule has 0 amide bonds. The van der Waals surface area contributed by atoms with Gasteiger partial charge in [-0.1, -0.05) is 18.2 Å². The van der Waals surface area contributed by atoms with Crippen LogP contribution in [0.25, 0.3) is 0 Å². The Morgan fingerprint density at radius 3 is 2.93 bits per heavy atom. The van der Waals surface area contributed by atoms with Gasteiger partial charge in [0.1, 0.15) is 5.75 Å². The minimum atomic E-state index is -0.0833. The number of nitrogens with one attached hydrogen (secondary N) is 1. The second-order valence-electron chi connectivity index (χ2n) is 6.75. The molecule has 3 rings (SSSR count). The monoisotopic (exact) mass is 371 g/mol. The van der Waals surface area contributed by atoms with E-state index in [2.05, 4.69) is 39.3 Å². The third-order valence-corrected chi connectivity index (χ3v) is 5.21. The van der Waals surface area contributed by atoms with Gasteiger partial charge in [-0.2, -0.15) is 5.10 Å². The van der Waals surface area contributed by atoms with E-state index in [1.807, 2.05) is 12.1 Å². The van der Waals surface area contributed by atoms with Crippen LogP contribution in [0.2, 0.25) is 0 Å². The summed E-state index contributed by atoms with van der Waals surface area (Å²) in [5, 5.41) is 7.65. The van der Waals surface area contributed by atoms with Crippen LogP contribution < -0.4 is 20.5 Å². The summed E-state index contributed by atoms with van der Waals surface area (Å²) in [7, 11) is 3.39. The molecule has 1 aliphatic rings. The Morgan fingerprint density at radius 2 is 2.19 bits per heavy atom. The van der Waals surface area contributed by atoms with Gasteiger partial charge in [-0.25, -0.2) is 4.68 Å². The summed E-state index contributed by atoms with van der Waals surface area (Å²) in [6, 6.07) is 10.2. The Hall–Kier alpha value is -2.38. The van der Waals surface area contributed by atoms with Gasteiger partial charge in [-0.3, -0.25) is 9.69 Å². The Labute approximate surface area is 160 Å². The van der Waals surface area contributed by atoms with E-state index in [0.29, 0.717) is 0 Å². The van der Waals surface area contributed by atoms with Gasteiger partial charge in [0.2, 0.25) is 0 Å². The fraction of sp³-hybridized carbons (Fsp3) is 0.500. The highest BCUT2D eigenvalue weighted by Crippen LogP contribution is 2.30. The van der Waals surface area contributed by atoms with E-state index in [-0.39, 0.29) is 11.6 Å². The van der Waals surface area contributed by atoms with Gasteiger partial charge in [0.15, 0.2) is 0 Å². The van der Waals surface area contributed by atoms with Crippen molar-refractivity contribution in [3.05, 3.63) is 52.4 Å². The first-order valence-electron chi connectivity index (χ1n) is 9.50. The van der Waals surface area contributed by atoms with Gasteiger partial charge in [0.25, 0.3) is 5.56 Å². The molecule has 1 saturated heterocycles.